The van der Waals surface area contributed by atoms with Gasteiger partial charge in [-0.1, -0.05) is 23.1 Å². The summed E-state index contributed by atoms with van der Waals surface area (Å²) in [5.41, 5.74) is 5.08. The molecule has 0 atom stereocenters. The summed E-state index contributed by atoms with van der Waals surface area (Å²) < 4.78 is 5.94. The van der Waals surface area contributed by atoms with Gasteiger partial charge in [-0.25, -0.2) is 4.98 Å². The summed E-state index contributed by atoms with van der Waals surface area (Å²) in [6.45, 7) is 5.53. The number of thiazole rings is 1. The zero-order valence-electron chi connectivity index (χ0n) is 8.94. The molecule has 0 bridgehead atoms. The molecule has 0 aromatic carbocycles. The third-order valence-corrected chi connectivity index (χ3v) is 3.19. The minimum absolute atomic E-state index is 0.235. The number of nitrogen functional groups attached to an aromatic ring is 1. The highest BCUT2D eigenvalue weighted by Crippen LogP contribution is 2.25. The van der Waals surface area contributed by atoms with E-state index >= 15 is 0 Å². The van der Waals surface area contributed by atoms with Crippen LogP contribution in [0.25, 0.3) is 0 Å². The Balaban J connectivity index is 2.35. The van der Waals surface area contributed by atoms with Crippen LogP contribution in [0.5, 0.6) is 0 Å². The Morgan fingerprint density at radius 1 is 1.67 bits per heavy atom. The molecule has 1 rings (SSSR count). The molecule has 0 unspecified atom stereocenters. The maximum atomic E-state index is 11.3. The maximum absolute atomic E-state index is 11.3. The van der Waals surface area contributed by atoms with E-state index in [-0.39, 0.29) is 11.7 Å². The minimum atomic E-state index is -0.431. The monoisotopic (exact) mass is 246 g/mol. The molecule has 4 nitrogen and oxygen atoms in total. The SMILES string of the molecule is CC(C)(C)OC(=O)CSc1ncc(N)s1. The van der Waals surface area contributed by atoms with E-state index in [0.717, 1.165) is 4.34 Å². The molecule has 0 spiro atoms. The first-order valence-electron chi connectivity index (χ1n) is 4.43. The lowest BCUT2D eigenvalue weighted by molar-refractivity contribution is -0.151. The normalized spacial score (nSPS) is 11.4. The number of anilines is 1. The number of ether oxygens (including phenoxy) is 1. The van der Waals surface area contributed by atoms with E-state index in [4.69, 9.17) is 10.5 Å². The van der Waals surface area contributed by atoms with Crippen LogP contribution in [-0.2, 0) is 9.53 Å². The Labute approximate surface area is 97.2 Å². The second kappa shape index (κ2) is 4.85. The van der Waals surface area contributed by atoms with Gasteiger partial charge in [-0.15, -0.1) is 0 Å². The number of aromatic nitrogens is 1. The average molecular weight is 246 g/mol. The third-order valence-electron chi connectivity index (χ3n) is 1.24. The number of carbonyl (C=O) groups is 1. The molecule has 6 heteroatoms. The van der Waals surface area contributed by atoms with Crippen molar-refractivity contribution < 1.29 is 9.53 Å². The molecule has 0 saturated carbocycles. The van der Waals surface area contributed by atoms with Crippen LogP contribution in [0.1, 0.15) is 20.8 Å². The molecule has 0 radical (unpaired) electrons. The van der Waals surface area contributed by atoms with E-state index in [1.807, 2.05) is 20.8 Å². The second-order valence-corrected chi connectivity index (χ2v) is 6.19. The van der Waals surface area contributed by atoms with Gasteiger partial charge in [0, 0.05) is 0 Å². The topological polar surface area (TPSA) is 65.2 Å². The Bertz CT molecular complexity index is 344. The van der Waals surface area contributed by atoms with Gasteiger partial charge in [0.2, 0.25) is 0 Å². The first-order chi connectivity index (χ1) is 6.87. The van der Waals surface area contributed by atoms with Crippen LogP contribution in [0.4, 0.5) is 5.00 Å². The molecular weight excluding hydrogens is 232 g/mol. The first kappa shape index (κ1) is 12.3. The smallest absolute Gasteiger partial charge is 0.316 e. The number of nitrogens with zero attached hydrogens (tertiary/aromatic N) is 1. The van der Waals surface area contributed by atoms with Crippen LogP contribution < -0.4 is 5.73 Å². The number of hydrogen-bond acceptors (Lipinski definition) is 6. The van der Waals surface area contributed by atoms with Crippen LogP contribution in [0.3, 0.4) is 0 Å². The van der Waals surface area contributed by atoms with Gasteiger partial charge in [0.15, 0.2) is 4.34 Å². The maximum Gasteiger partial charge on any atom is 0.316 e. The molecule has 2 N–H and O–H groups in total. The number of nitrogens with two attached hydrogens (primary N) is 1. The minimum Gasteiger partial charge on any atom is -0.459 e. The van der Waals surface area contributed by atoms with Crippen molar-refractivity contribution in [1.29, 1.82) is 0 Å². The van der Waals surface area contributed by atoms with Gasteiger partial charge in [0.1, 0.15) is 10.6 Å². The van der Waals surface area contributed by atoms with E-state index in [2.05, 4.69) is 4.98 Å². The van der Waals surface area contributed by atoms with Crippen molar-refractivity contribution >= 4 is 34.1 Å². The van der Waals surface area contributed by atoms with E-state index in [9.17, 15) is 4.79 Å². The van der Waals surface area contributed by atoms with Crippen LogP contribution in [0, 0.1) is 0 Å². The zero-order valence-corrected chi connectivity index (χ0v) is 10.6. The van der Waals surface area contributed by atoms with Gasteiger partial charge in [-0.05, 0) is 20.8 Å². The Kier molecular flexibility index (Phi) is 3.98. The summed E-state index contributed by atoms with van der Waals surface area (Å²) in [4.78, 5) is 15.4. The Morgan fingerprint density at radius 3 is 2.80 bits per heavy atom. The summed E-state index contributed by atoms with van der Waals surface area (Å²) in [5.74, 6) is 0.0331. The summed E-state index contributed by atoms with van der Waals surface area (Å²) in [5, 5.41) is 0.654. The van der Waals surface area contributed by atoms with Crippen LogP contribution >= 0.6 is 23.1 Å². The van der Waals surface area contributed by atoms with Gasteiger partial charge in [0.25, 0.3) is 0 Å². The van der Waals surface area contributed by atoms with Gasteiger partial charge in [-0.2, -0.15) is 0 Å². The molecule has 0 aliphatic rings. The van der Waals surface area contributed by atoms with E-state index in [1.165, 1.54) is 23.1 Å². The summed E-state index contributed by atoms with van der Waals surface area (Å²) >= 11 is 2.71. The van der Waals surface area contributed by atoms with E-state index in [1.54, 1.807) is 6.20 Å². The van der Waals surface area contributed by atoms with Crippen molar-refractivity contribution in [3.8, 4) is 0 Å². The zero-order chi connectivity index (χ0) is 11.5. The Hall–Kier alpha value is -0.750. The highest BCUT2D eigenvalue weighted by Gasteiger charge is 2.16. The number of carbonyl (C=O) groups excluding carboxylic acids is 1. The van der Waals surface area contributed by atoms with Crippen molar-refractivity contribution in [2.24, 2.45) is 0 Å². The molecule has 84 valence electrons. The molecule has 0 aliphatic heterocycles. The molecule has 0 saturated heterocycles. The summed E-state index contributed by atoms with van der Waals surface area (Å²) in [6.07, 6.45) is 1.59. The van der Waals surface area contributed by atoms with Crippen LogP contribution in [0.15, 0.2) is 10.5 Å². The van der Waals surface area contributed by atoms with Crippen molar-refractivity contribution in [2.45, 2.75) is 30.7 Å². The lowest BCUT2D eigenvalue weighted by Gasteiger charge is -2.18. The summed E-state index contributed by atoms with van der Waals surface area (Å²) in [6, 6.07) is 0. The first-order valence-corrected chi connectivity index (χ1v) is 6.23. The summed E-state index contributed by atoms with van der Waals surface area (Å²) in [7, 11) is 0. The second-order valence-electron chi connectivity index (χ2n) is 3.90. The molecule has 0 fully saturated rings. The number of thioether (sulfide) groups is 1. The largest absolute Gasteiger partial charge is 0.459 e. The molecule has 15 heavy (non-hydrogen) atoms. The fourth-order valence-corrected chi connectivity index (χ4v) is 2.37. The molecule has 1 aromatic rings. The van der Waals surface area contributed by atoms with Crippen molar-refractivity contribution in [2.75, 3.05) is 11.5 Å². The predicted octanol–water partition coefficient (Wildman–Crippen LogP) is 2.16. The predicted molar refractivity (Wildman–Crippen MR) is 63.1 cm³/mol. The van der Waals surface area contributed by atoms with Crippen LogP contribution in [-0.4, -0.2) is 22.3 Å². The fourth-order valence-electron chi connectivity index (χ4n) is 0.828. The van der Waals surface area contributed by atoms with Crippen molar-refractivity contribution in [3.05, 3.63) is 6.20 Å². The lowest BCUT2D eigenvalue weighted by atomic mass is 10.2. The molecule has 1 aromatic heterocycles. The van der Waals surface area contributed by atoms with Gasteiger partial charge >= 0.3 is 5.97 Å². The highest BCUT2D eigenvalue weighted by molar-refractivity contribution is 8.01. The fraction of sp³-hybridized carbons (Fsp3) is 0.556. The number of rotatable bonds is 3. The van der Waals surface area contributed by atoms with E-state index < -0.39 is 5.60 Å². The van der Waals surface area contributed by atoms with Gasteiger partial charge < -0.3 is 10.5 Å². The van der Waals surface area contributed by atoms with Crippen LogP contribution in [0.2, 0.25) is 0 Å². The quantitative estimate of drug-likeness (QED) is 0.654. The van der Waals surface area contributed by atoms with Gasteiger partial charge in [0.05, 0.1) is 11.9 Å². The van der Waals surface area contributed by atoms with Crippen molar-refractivity contribution in [3.63, 3.8) is 0 Å². The Morgan fingerprint density at radius 2 is 2.33 bits per heavy atom. The number of esters is 1. The molecule has 0 amide bonds. The third kappa shape index (κ3) is 5.03. The number of hydrogen-bond donors (Lipinski definition) is 1. The molecular formula is C9H14N2O2S2. The lowest BCUT2D eigenvalue weighted by Crippen LogP contribution is -2.24. The highest BCUT2D eigenvalue weighted by atomic mass is 32.2. The van der Waals surface area contributed by atoms with Crippen molar-refractivity contribution in [1.82, 2.24) is 4.98 Å². The average Bonchev–Trinajstić information content (AvgIpc) is 2.45. The molecule has 1 heterocycles. The van der Waals surface area contributed by atoms with Gasteiger partial charge in [-0.3, -0.25) is 4.79 Å². The van der Waals surface area contributed by atoms with E-state index in [0.29, 0.717) is 5.00 Å². The standard InChI is InChI=1S/C9H14N2O2S2/c1-9(2,3)13-7(12)5-14-8-11-4-6(10)15-8/h4H,5,10H2,1-3H3. The molecule has 0 aliphatic carbocycles.